The van der Waals surface area contributed by atoms with Crippen LogP contribution in [0.25, 0.3) is 11.5 Å². The Morgan fingerprint density at radius 3 is 2.52 bits per heavy atom. The van der Waals surface area contributed by atoms with Gasteiger partial charge in [0.1, 0.15) is 16.7 Å². The van der Waals surface area contributed by atoms with Crippen molar-refractivity contribution in [3.63, 3.8) is 0 Å². The Morgan fingerprint density at radius 2 is 1.87 bits per heavy atom. The third-order valence-corrected chi connectivity index (χ3v) is 3.13. The van der Waals surface area contributed by atoms with E-state index in [4.69, 9.17) is 11.6 Å². The first-order valence-corrected chi connectivity index (χ1v) is 6.97. The molecule has 0 spiro atoms. The average Bonchev–Trinajstić information content (AvgIpc) is 2.55. The summed E-state index contributed by atoms with van der Waals surface area (Å²) in [6, 6.07) is 13.0. The normalized spacial score (nSPS) is 10.3. The summed E-state index contributed by atoms with van der Waals surface area (Å²) < 4.78 is 0. The number of aromatic nitrogens is 3. The van der Waals surface area contributed by atoms with Gasteiger partial charge in [0.2, 0.25) is 0 Å². The van der Waals surface area contributed by atoms with Crippen molar-refractivity contribution in [2.45, 2.75) is 0 Å². The lowest BCUT2D eigenvalue weighted by molar-refractivity contribution is -0.384. The Bertz CT molecular complexity index is 840. The second-order valence-electron chi connectivity index (χ2n) is 4.54. The summed E-state index contributed by atoms with van der Waals surface area (Å²) >= 11 is 6.02. The minimum Gasteiger partial charge on any atom is -0.340 e. The van der Waals surface area contributed by atoms with E-state index in [0.29, 0.717) is 23.0 Å². The van der Waals surface area contributed by atoms with Gasteiger partial charge in [0.25, 0.3) is 5.69 Å². The van der Waals surface area contributed by atoms with Crippen LogP contribution in [-0.4, -0.2) is 19.9 Å². The minimum absolute atomic E-state index is 0.0189. The van der Waals surface area contributed by atoms with Crippen LogP contribution in [-0.2, 0) is 0 Å². The minimum atomic E-state index is -0.454. The molecule has 0 fully saturated rings. The maximum Gasteiger partial charge on any atom is 0.269 e. The quantitative estimate of drug-likeness (QED) is 0.444. The molecule has 0 radical (unpaired) electrons. The van der Waals surface area contributed by atoms with Gasteiger partial charge in [-0.15, -0.1) is 0 Å². The number of benzene rings is 1. The Morgan fingerprint density at radius 1 is 1.09 bits per heavy atom. The van der Waals surface area contributed by atoms with Crippen LogP contribution in [0.3, 0.4) is 0 Å². The largest absolute Gasteiger partial charge is 0.340 e. The fraction of sp³-hybridized carbons (Fsp3) is 0. The molecular weight excluding hydrogens is 318 g/mol. The highest BCUT2D eigenvalue weighted by atomic mass is 35.5. The summed E-state index contributed by atoms with van der Waals surface area (Å²) in [5, 5.41) is 14.0. The van der Waals surface area contributed by atoms with Gasteiger partial charge in [-0.3, -0.25) is 15.1 Å². The summed E-state index contributed by atoms with van der Waals surface area (Å²) in [6.07, 6.45) is 1.64. The smallest absolute Gasteiger partial charge is 0.269 e. The molecule has 3 aromatic rings. The van der Waals surface area contributed by atoms with Gasteiger partial charge in [0.15, 0.2) is 5.82 Å². The molecule has 7 nitrogen and oxygen atoms in total. The van der Waals surface area contributed by atoms with Crippen LogP contribution in [0.4, 0.5) is 17.2 Å². The van der Waals surface area contributed by atoms with Gasteiger partial charge in [-0.05, 0) is 24.3 Å². The number of non-ortho nitro benzene ring substituents is 1. The molecule has 0 aliphatic carbocycles. The van der Waals surface area contributed by atoms with E-state index in [-0.39, 0.29) is 10.8 Å². The highest BCUT2D eigenvalue weighted by molar-refractivity contribution is 6.29. The molecule has 3 rings (SSSR count). The van der Waals surface area contributed by atoms with E-state index < -0.39 is 4.92 Å². The van der Waals surface area contributed by atoms with Gasteiger partial charge in [0, 0.05) is 30.1 Å². The van der Waals surface area contributed by atoms with Crippen molar-refractivity contribution < 1.29 is 4.92 Å². The number of nitro benzene ring substituents is 1. The van der Waals surface area contributed by atoms with E-state index in [1.165, 1.54) is 12.1 Å². The van der Waals surface area contributed by atoms with Crippen LogP contribution in [0.2, 0.25) is 5.15 Å². The zero-order chi connectivity index (χ0) is 16.2. The zero-order valence-corrected chi connectivity index (χ0v) is 12.4. The fourth-order valence-corrected chi connectivity index (χ4v) is 2.09. The monoisotopic (exact) mass is 327 g/mol. The number of halogens is 1. The maximum atomic E-state index is 10.7. The van der Waals surface area contributed by atoms with Crippen molar-refractivity contribution in [3.05, 3.63) is 70.0 Å². The van der Waals surface area contributed by atoms with Gasteiger partial charge < -0.3 is 5.32 Å². The van der Waals surface area contributed by atoms with Crippen LogP contribution in [0.15, 0.2) is 54.7 Å². The highest BCUT2D eigenvalue weighted by Gasteiger charge is 2.08. The van der Waals surface area contributed by atoms with E-state index in [1.54, 1.807) is 36.5 Å². The lowest BCUT2D eigenvalue weighted by Gasteiger charge is -2.07. The van der Waals surface area contributed by atoms with Gasteiger partial charge in [0.05, 0.1) is 4.92 Å². The molecule has 0 aliphatic heterocycles. The number of nitro groups is 1. The number of hydrogen-bond acceptors (Lipinski definition) is 6. The molecule has 0 unspecified atom stereocenters. The van der Waals surface area contributed by atoms with E-state index in [9.17, 15) is 10.1 Å². The highest BCUT2D eigenvalue weighted by Crippen LogP contribution is 2.23. The van der Waals surface area contributed by atoms with Crippen molar-refractivity contribution in [2.24, 2.45) is 0 Å². The topological polar surface area (TPSA) is 93.8 Å². The summed E-state index contributed by atoms with van der Waals surface area (Å²) in [7, 11) is 0. The second kappa shape index (κ2) is 6.37. The van der Waals surface area contributed by atoms with Crippen LogP contribution in [0.5, 0.6) is 0 Å². The van der Waals surface area contributed by atoms with E-state index in [1.807, 2.05) is 6.07 Å². The molecule has 0 aliphatic rings. The van der Waals surface area contributed by atoms with Crippen molar-refractivity contribution >= 4 is 28.8 Å². The number of nitrogens with one attached hydrogen (secondary N) is 1. The van der Waals surface area contributed by atoms with Crippen molar-refractivity contribution in [2.75, 3.05) is 5.32 Å². The third-order valence-electron chi connectivity index (χ3n) is 2.94. The van der Waals surface area contributed by atoms with E-state index in [0.717, 1.165) is 0 Å². The molecule has 0 amide bonds. The summed E-state index contributed by atoms with van der Waals surface area (Å²) in [4.78, 5) is 22.9. The lowest BCUT2D eigenvalue weighted by Crippen LogP contribution is -1.99. The summed E-state index contributed by atoms with van der Waals surface area (Å²) in [6.45, 7) is 0. The van der Waals surface area contributed by atoms with Crippen LogP contribution in [0.1, 0.15) is 0 Å². The molecule has 8 heteroatoms. The molecule has 0 atom stereocenters. The first kappa shape index (κ1) is 14.9. The van der Waals surface area contributed by atoms with Crippen molar-refractivity contribution in [1.82, 2.24) is 15.0 Å². The first-order valence-electron chi connectivity index (χ1n) is 6.59. The van der Waals surface area contributed by atoms with Crippen molar-refractivity contribution in [1.29, 1.82) is 0 Å². The van der Waals surface area contributed by atoms with Gasteiger partial charge >= 0.3 is 0 Å². The number of nitrogens with zero attached hydrogens (tertiary/aromatic N) is 4. The van der Waals surface area contributed by atoms with Gasteiger partial charge in [-0.2, -0.15) is 0 Å². The zero-order valence-electron chi connectivity index (χ0n) is 11.7. The standard InChI is InChI=1S/C15H10ClN5O2/c16-13-9-14(18-10-4-6-11(7-5-10)21(22)23)20-15(19-13)12-3-1-2-8-17-12/h1-9H,(H,18,19,20). The molecular formula is C15H10ClN5O2. The number of hydrogen-bond donors (Lipinski definition) is 1. The second-order valence-corrected chi connectivity index (χ2v) is 4.93. The fourth-order valence-electron chi connectivity index (χ4n) is 1.91. The lowest BCUT2D eigenvalue weighted by atomic mass is 10.3. The number of pyridine rings is 1. The average molecular weight is 328 g/mol. The number of rotatable bonds is 4. The molecule has 1 aromatic carbocycles. The molecule has 1 N–H and O–H groups in total. The van der Waals surface area contributed by atoms with Gasteiger partial charge in [-0.25, -0.2) is 9.97 Å². The van der Waals surface area contributed by atoms with Gasteiger partial charge in [-0.1, -0.05) is 17.7 Å². The SMILES string of the molecule is O=[N+]([O-])c1ccc(Nc2cc(Cl)nc(-c3ccccn3)n2)cc1. The third kappa shape index (κ3) is 3.58. The van der Waals surface area contributed by atoms with Crippen LogP contribution < -0.4 is 5.32 Å². The Balaban J connectivity index is 1.88. The van der Waals surface area contributed by atoms with Crippen LogP contribution >= 0.6 is 11.6 Å². The predicted molar refractivity (Wildman–Crippen MR) is 86.7 cm³/mol. The summed E-state index contributed by atoms with van der Waals surface area (Å²) in [5.74, 6) is 0.863. The molecule has 2 heterocycles. The number of anilines is 2. The first-order chi connectivity index (χ1) is 11.1. The summed E-state index contributed by atoms with van der Waals surface area (Å²) in [5.41, 5.74) is 1.27. The Kier molecular flexibility index (Phi) is 4.11. The Hall–Kier alpha value is -3.06. The predicted octanol–water partition coefficient (Wildman–Crippen LogP) is 3.84. The van der Waals surface area contributed by atoms with E-state index in [2.05, 4.69) is 20.3 Å². The molecule has 0 bridgehead atoms. The molecule has 0 saturated carbocycles. The molecule has 23 heavy (non-hydrogen) atoms. The van der Waals surface area contributed by atoms with E-state index >= 15 is 0 Å². The molecule has 2 aromatic heterocycles. The Labute approximate surface area is 136 Å². The molecule has 114 valence electrons. The molecule has 0 saturated heterocycles. The maximum absolute atomic E-state index is 10.7. The van der Waals surface area contributed by atoms with Crippen LogP contribution in [0, 0.1) is 10.1 Å². The van der Waals surface area contributed by atoms with Crippen molar-refractivity contribution in [3.8, 4) is 11.5 Å².